The van der Waals surface area contributed by atoms with E-state index in [1.165, 1.54) is 100 Å². The molecule has 2 aromatic carbocycles. The molecule has 3 aromatic heterocycles. The maximum atomic E-state index is 4.13. The first-order valence-electron chi connectivity index (χ1n) is 18.4. The molecule has 4 heteroatoms. The average Bonchev–Trinajstić information content (AvgIpc) is 3.81. The fourth-order valence-corrected chi connectivity index (χ4v) is 9.21. The van der Waals surface area contributed by atoms with Gasteiger partial charge in [0.15, 0.2) is 0 Å². The molecule has 0 radical (unpaired) electrons. The minimum Gasteiger partial charge on any atom is -0.357 e. The van der Waals surface area contributed by atoms with E-state index >= 15 is 0 Å². The van der Waals surface area contributed by atoms with E-state index in [-0.39, 0.29) is 5.41 Å². The minimum atomic E-state index is -0.102. The second-order valence-corrected chi connectivity index (χ2v) is 13.5. The third-order valence-corrected chi connectivity index (χ3v) is 11.6. The van der Waals surface area contributed by atoms with Gasteiger partial charge in [-0.15, -0.1) is 0 Å². The van der Waals surface area contributed by atoms with Crippen LogP contribution in [0.25, 0.3) is 40.3 Å². The number of aromatic amines is 3. The van der Waals surface area contributed by atoms with Crippen molar-refractivity contribution in [3.63, 3.8) is 0 Å². The van der Waals surface area contributed by atoms with Gasteiger partial charge in [-0.25, -0.2) is 0 Å². The Bertz CT molecular complexity index is 2150. The number of hydrogen-bond acceptors (Lipinski definition) is 1. The molecule has 5 aromatic rings. The van der Waals surface area contributed by atoms with Crippen LogP contribution in [0.3, 0.4) is 0 Å². The van der Waals surface area contributed by atoms with Gasteiger partial charge in [0.2, 0.25) is 0 Å². The third kappa shape index (κ3) is 4.54. The van der Waals surface area contributed by atoms with Crippen molar-refractivity contribution in [1.29, 1.82) is 0 Å². The molecule has 2 aliphatic heterocycles. The lowest BCUT2D eigenvalue weighted by Gasteiger charge is -2.29. The van der Waals surface area contributed by atoms with Crippen molar-refractivity contribution in [3.05, 3.63) is 103 Å². The maximum Gasteiger partial charge on any atom is 0.0525 e. The van der Waals surface area contributed by atoms with Gasteiger partial charge in [-0.2, -0.15) is 0 Å². The van der Waals surface area contributed by atoms with Gasteiger partial charge in [0.1, 0.15) is 0 Å². The van der Waals surface area contributed by atoms with Gasteiger partial charge in [-0.1, -0.05) is 79.7 Å². The maximum absolute atomic E-state index is 4.13. The SMILES string of the molecule is CCc1c2[nH]c(c1CC)C=c1[nH]c(c(CC)c1CC)=Cc1[nH]c(c(CC)c1CC)-c1c3c(cc4ccccc14)C(CC)(CC)C(=C2)N3. The Morgan fingerprint density at radius 3 is 1.66 bits per heavy atom. The zero-order valence-corrected chi connectivity index (χ0v) is 29.8. The summed E-state index contributed by atoms with van der Waals surface area (Å²) in [5.41, 5.74) is 18.8. The molecule has 0 aliphatic carbocycles. The zero-order valence-electron chi connectivity index (χ0n) is 29.8. The first kappa shape index (κ1) is 31.4. The predicted molar refractivity (Wildman–Crippen MR) is 202 cm³/mol. The summed E-state index contributed by atoms with van der Waals surface area (Å²) in [5.74, 6) is 0. The highest BCUT2D eigenvalue weighted by Gasteiger charge is 2.43. The lowest BCUT2D eigenvalue weighted by atomic mass is 9.73. The van der Waals surface area contributed by atoms with Crippen molar-refractivity contribution in [3.8, 4) is 11.3 Å². The van der Waals surface area contributed by atoms with E-state index in [2.05, 4.69) is 124 Å². The summed E-state index contributed by atoms with van der Waals surface area (Å²) in [4.78, 5) is 12.0. The summed E-state index contributed by atoms with van der Waals surface area (Å²) in [5, 5.41) is 9.20. The smallest absolute Gasteiger partial charge is 0.0525 e. The van der Waals surface area contributed by atoms with Gasteiger partial charge in [-0.05, 0) is 125 Å². The van der Waals surface area contributed by atoms with Crippen LogP contribution in [0.5, 0.6) is 0 Å². The van der Waals surface area contributed by atoms with Crippen molar-refractivity contribution in [2.24, 2.45) is 0 Å². The number of aromatic nitrogens is 3. The number of H-pyrrole nitrogens is 3. The van der Waals surface area contributed by atoms with Gasteiger partial charge in [-0.3, -0.25) is 0 Å². The lowest BCUT2D eigenvalue weighted by molar-refractivity contribution is 0.489. The van der Waals surface area contributed by atoms with Crippen LogP contribution in [0.1, 0.15) is 124 Å². The molecule has 0 saturated heterocycles. The van der Waals surface area contributed by atoms with E-state index in [4.69, 9.17) is 0 Å². The first-order valence-corrected chi connectivity index (χ1v) is 18.4. The largest absolute Gasteiger partial charge is 0.357 e. The van der Waals surface area contributed by atoms with Crippen molar-refractivity contribution in [2.75, 3.05) is 5.32 Å². The molecular weight excluding hydrogens is 573 g/mol. The molecule has 0 fully saturated rings. The number of allylic oxidation sites excluding steroid dienone is 1. The first-order chi connectivity index (χ1) is 22.9. The van der Waals surface area contributed by atoms with Gasteiger partial charge in [0.25, 0.3) is 0 Å². The van der Waals surface area contributed by atoms with Crippen LogP contribution in [0.15, 0.2) is 36.0 Å². The summed E-state index contributed by atoms with van der Waals surface area (Å²) in [6.45, 7) is 18.6. The molecule has 0 amide bonds. The summed E-state index contributed by atoms with van der Waals surface area (Å²) >= 11 is 0. The Balaban J connectivity index is 1.71. The monoisotopic (exact) mass is 624 g/mol. The summed E-state index contributed by atoms with van der Waals surface area (Å²) in [6.07, 6.45) is 15.3. The number of rotatable bonds is 8. The standard InChI is InChI=1S/C43H52N4/c1-9-26-27(10-2)36-23-37-30(13-5)31(14-6)41(46-37)40-32-20-18-17-19-25(32)21-33-42(40)47-39(43(33,15-7)16-8)24-38-29(12-4)28(11-3)35(45-38)22-34(26)44-36/h17-24,44-47H,9-16H2,1-8H3. The quantitative estimate of drug-likeness (QED) is 0.137. The second-order valence-electron chi connectivity index (χ2n) is 13.5. The van der Waals surface area contributed by atoms with E-state index in [1.807, 2.05) is 0 Å². The summed E-state index contributed by atoms with van der Waals surface area (Å²) < 4.78 is 0. The number of hydrogen-bond donors (Lipinski definition) is 4. The zero-order chi connectivity index (χ0) is 33.0. The Kier molecular flexibility index (Phi) is 8.10. The molecule has 7 rings (SSSR count). The molecule has 0 saturated carbocycles. The molecule has 0 spiro atoms. The Hall–Kier alpha value is -4.18. The van der Waals surface area contributed by atoms with Crippen molar-refractivity contribution >= 4 is 34.7 Å². The summed E-state index contributed by atoms with van der Waals surface area (Å²) in [6, 6.07) is 11.5. The molecule has 244 valence electrons. The molecule has 4 N–H and O–H groups in total. The van der Waals surface area contributed by atoms with Crippen molar-refractivity contribution in [1.82, 2.24) is 15.0 Å². The van der Waals surface area contributed by atoms with Crippen LogP contribution in [-0.2, 0) is 43.9 Å². The molecule has 5 heterocycles. The number of nitrogens with one attached hydrogen (secondary N) is 4. The lowest BCUT2D eigenvalue weighted by Crippen LogP contribution is -2.24. The van der Waals surface area contributed by atoms with Gasteiger partial charge in [0.05, 0.1) is 11.4 Å². The van der Waals surface area contributed by atoms with Gasteiger partial charge < -0.3 is 20.3 Å². The topological polar surface area (TPSA) is 59.4 Å². The Morgan fingerprint density at radius 1 is 0.553 bits per heavy atom. The molecule has 0 atom stereocenters. The molecule has 2 aliphatic rings. The fraction of sp³-hybridized carbons (Fsp3) is 0.395. The van der Waals surface area contributed by atoms with E-state index in [9.17, 15) is 0 Å². The van der Waals surface area contributed by atoms with E-state index in [1.54, 1.807) is 0 Å². The van der Waals surface area contributed by atoms with Gasteiger partial charge >= 0.3 is 0 Å². The molecule has 4 nitrogen and oxygen atoms in total. The minimum absolute atomic E-state index is 0.102. The number of benzene rings is 2. The predicted octanol–water partition coefficient (Wildman–Crippen LogP) is 9.36. The normalized spacial score (nSPS) is 14.6. The molecule has 0 unspecified atom stereocenters. The van der Waals surface area contributed by atoms with Crippen LogP contribution in [0.4, 0.5) is 5.69 Å². The van der Waals surface area contributed by atoms with Crippen LogP contribution in [-0.4, -0.2) is 15.0 Å². The highest BCUT2D eigenvalue weighted by atomic mass is 15.0. The van der Waals surface area contributed by atoms with Gasteiger partial charge in [0, 0.05) is 44.5 Å². The van der Waals surface area contributed by atoms with Crippen LogP contribution in [0.2, 0.25) is 0 Å². The molecular formula is C43H52N4. The number of fused-ring (bicyclic) bond motifs is 10. The van der Waals surface area contributed by atoms with E-state index in [0.717, 1.165) is 51.4 Å². The van der Waals surface area contributed by atoms with Crippen molar-refractivity contribution < 1.29 is 0 Å². The highest BCUT2D eigenvalue weighted by molar-refractivity contribution is 6.06. The molecule has 47 heavy (non-hydrogen) atoms. The van der Waals surface area contributed by atoms with Crippen LogP contribution in [0, 0.1) is 0 Å². The van der Waals surface area contributed by atoms with E-state index < -0.39 is 0 Å². The van der Waals surface area contributed by atoms with Crippen LogP contribution >= 0.6 is 0 Å². The highest BCUT2D eigenvalue weighted by Crippen LogP contribution is 2.55. The Morgan fingerprint density at radius 2 is 1.09 bits per heavy atom. The molecule has 8 bridgehead atoms. The van der Waals surface area contributed by atoms with Crippen molar-refractivity contribution in [2.45, 2.75) is 112 Å². The Labute approximate surface area is 280 Å². The average molecular weight is 625 g/mol. The second kappa shape index (κ2) is 12.1. The van der Waals surface area contributed by atoms with E-state index in [0.29, 0.717) is 0 Å². The third-order valence-electron chi connectivity index (χ3n) is 11.6. The number of anilines is 1. The fourth-order valence-electron chi connectivity index (χ4n) is 9.21. The summed E-state index contributed by atoms with van der Waals surface area (Å²) in [7, 11) is 0. The van der Waals surface area contributed by atoms with Crippen LogP contribution < -0.4 is 16.0 Å².